The van der Waals surface area contributed by atoms with Crippen LogP contribution in [0.1, 0.15) is 5.56 Å². The highest BCUT2D eigenvalue weighted by atomic mass is 79.9. The van der Waals surface area contributed by atoms with Crippen LogP contribution >= 0.6 is 15.9 Å². The molecule has 3 rings (SSSR count). The molecule has 0 aromatic heterocycles. The molecule has 1 aliphatic rings. The van der Waals surface area contributed by atoms with Crippen molar-refractivity contribution in [3.8, 4) is 5.75 Å². The molecule has 2 aromatic rings. The largest absolute Gasteiger partial charge is 0.490 e. The second-order valence-electron chi connectivity index (χ2n) is 5.63. The summed E-state index contributed by atoms with van der Waals surface area (Å²) in [6, 6.07) is 9.53. The highest BCUT2D eigenvalue weighted by molar-refractivity contribution is 9.10. The van der Waals surface area contributed by atoms with Gasteiger partial charge in [-0.2, -0.15) is 0 Å². The number of barbiturate groups is 1. The topological polar surface area (TPSA) is 119 Å². The molecular weight excluding hydrogens is 434 g/mol. The zero-order valence-electron chi connectivity index (χ0n) is 14.3. The maximum absolute atomic E-state index is 12.8. The number of rotatable bonds is 4. The Hall–Kier alpha value is -3.53. The fourth-order valence-electron chi connectivity index (χ4n) is 2.61. The molecule has 2 aromatic carbocycles. The number of hydrogen-bond acceptors (Lipinski definition) is 6. The van der Waals surface area contributed by atoms with Crippen molar-refractivity contribution in [1.29, 1.82) is 0 Å². The van der Waals surface area contributed by atoms with Crippen molar-refractivity contribution in [1.82, 2.24) is 5.32 Å². The van der Waals surface area contributed by atoms with E-state index in [4.69, 9.17) is 4.74 Å². The molecule has 10 heteroatoms. The lowest BCUT2D eigenvalue weighted by Crippen LogP contribution is -2.54. The van der Waals surface area contributed by atoms with Crippen LogP contribution in [-0.2, 0) is 9.59 Å². The molecule has 0 spiro atoms. The molecule has 1 saturated heterocycles. The van der Waals surface area contributed by atoms with Crippen LogP contribution < -0.4 is 15.0 Å². The van der Waals surface area contributed by atoms with Crippen molar-refractivity contribution in [2.24, 2.45) is 0 Å². The van der Waals surface area contributed by atoms with Crippen LogP contribution in [-0.4, -0.2) is 29.9 Å². The molecule has 1 N–H and O–H groups in total. The molecule has 1 aliphatic heterocycles. The van der Waals surface area contributed by atoms with Gasteiger partial charge in [-0.3, -0.25) is 25.0 Å². The zero-order valence-corrected chi connectivity index (χ0v) is 15.9. The SMILES string of the molecule is COc1ccc(/C=C2\C(=O)NC(=O)N(c3cccc(Br)c3)C2=O)cc1[N+](=O)[O-]. The van der Waals surface area contributed by atoms with Gasteiger partial charge in [-0.1, -0.05) is 28.1 Å². The number of carbonyl (C=O) groups excluding carboxylic acids is 3. The number of carbonyl (C=O) groups is 3. The van der Waals surface area contributed by atoms with Gasteiger partial charge in [0.1, 0.15) is 5.57 Å². The molecule has 0 saturated carbocycles. The third kappa shape index (κ3) is 3.62. The summed E-state index contributed by atoms with van der Waals surface area (Å²) in [6.45, 7) is 0. The van der Waals surface area contributed by atoms with E-state index in [0.29, 0.717) is 4.47 Å². The van der Waals surface area contributed by atoms with Gasteiger partial charge >= 0.3 is 11.7 Å². The minimum absolute atomic E-state index is 0.0394. The number of nitrogens with zero attached hydrogens (tertiary/aromatic N) is 2. The molecule has 0 unspecified atom stereocenters. The van der Waals surface area contributed by atoms with Crippen LogP contribution in [0.3, 0.4) is 0 Å². The summed E-state index contributed by atoms with van der Waals surface area (Å²) in [5.41, 5.74) is -0.162. The summed E-state index contributed by atoms with van der Waals surface area (Å²) in [6.07, 6.45) is 1.18. The zero-order chi connectivity index (χ0) is 20.4. The van der Waals surface area contributed by atoms with E-state index in [1.807, 2.05) is 0 Å². The van der Waals surface area contributed by atoms with Crippen LogP contribution in [0, 0.1) is 10.1 Å². The Bertz CT molecular complexity index is 1050. The summed E-state index contributed by atoms with van der Waals surface area (Å²) in [7, 11) is 1.29. The Balaban J connectivity index is 2.04. The lowest BCUT2D eigenvalue weighted by Gasteiger charge is -2.26. The standard InChI is InChI=1S/C18H12BrN3O6/c1-28-15-6-5-10(8-14(15)22(26)27)7-13-16(23)20-18(25)21(17(13)24)12-4-2-3-11(19)9-12/h2-9H,1H3,(H,20,23,25)/b13-7+. The van der Waals surface area contributed by atoms with E-state index < -0.39 is 22.8 Å². The first-order chi connectivity index (χ1) is 13.3. The first-order valence-electron chi connectivity index (χ1n) is 7.81. The first kappa shape index (κ1) is 19.2. The van der Waals surface area contributed by atoms with Gasteiger partial charge in [0.05, 0.1) is 17.7 Å². The maximum atomic E-state index is 12.8. The third-order valence-electron chi connectivity index (χ3n) is 3.88. The molecule has 1 fully saturated rings. The number of imide groups is 2. The van der Waals surface area contributed by atoms with E-state index >= 15 is 0 Å². The predicted molar refractivity (Wildman–Crippen MR) is 103 cm³/mol. The van der Waals surface area contributed by atoms with E-state index in [9.17, 15) is 24.5 Å². The first-order valence-corrected chi connectivity index (χ1v) is 8.60. The number of methoxy groups -OCH3 is 1. The number of hydrogen-bond donors (Lipinski definition) is 1. The Morgan fingerprint density at radius 3 is 2.57 bits per heavy atom. The van der Waals surface area contributed by atoms with Crippen LogP contribution in [0.15, 0.2) is 52.5 Å². The van der Waals surface area contributed by atoms with E-state index in [-0.39, 0.29) is 28.3 Å². The predicted octanol–water partition coefficient (Wildman–Crippen LogP) is 3.03. The quantitative estimate of drug-likeness (QED) is 0.334. The van der Waals surface area contributed by atoms with Gasteiger partial charge in [-0.05, 0) is 35.9 Å². The number of benzene rings is 2. The summed E-state index contributed by atoms with van der Waals surface area (Å²) >= 11 is 3.26. The number of amides is 4. The van der Waals surface area contributed by atoms with E-state index in [2.05, 4.69) is 21.2 Å². The van der Waals surface area contributed by atoms with Gasteiger partial charge in [0.25, 0.3) is 11.8 Å². The minimum atomic E-state index is -0.889. The molecule has 1 heterocycles. The lowest BCUT2D eigenvalue weighted by molar-refractivity contribution is -0.385. The molecule has 0 bridgehead atoms. The van der Waals surface area contributed by atoms with E-state index in [1.165, 1.54) is 37.5 Å². The van der Waals surface area contributed by atoms with Gasteiger partial charge in [0, 0.05) is 10.5 Å². The Kier molecular flexibility index (Phi) is 5.23. The van der Waals surface area contributed by atoms with E-state index in [1.54, 1.807) is 18.2 Å². The molecular formula is C18H12BrN3O6. The normalized spacial score (nSPS) is 15.6. The Morgan fingerprint density at radius 1 is 1.18 bits per heavy atom. The number of urea groups is 1. The maximum Gasteiger partial charge on any atom is 0.335 e. The average molecular weight is 446 g/mol. The fraction of sp³-hybridized carbons (Fsp3) is 0.0556. The molecule has 4 amide bonds. The van der Waals surface area contributed by atoms with Gasteiger partial charge in [-0.25, -0.2) is 9.69 Å². The number of anilines is 1. The third-order valence-corrected chi connectivity index (χ3v) is 4.37. The Labute approximate surface area is 166 Å². The highest BCUT2D eigenvalue weighted by Crippen LogP contribution is 2.29. The van der Waals surface area contributed by atoms with Crippen LogP contribution in [0.4, 0.5) is 16.2 Å². The number of nitro groups is 1. The van der Waals surface area contributed by atoms with Crippen molar-refractivity contribution >= 4 is 51.2 Å². The average Bonchev–Trinajstić information content (AvgIpc) is 2.65. The smallest absolute Gasteiger partial charge is 0.335 e. The minimum Gasteiger partial charge on any atom is -0.490 e. The molecule has 142 valence electrons. The summed E-state index contributed by atoms with van der Waals surface area (Å²) in [5.74, 6) is -1.69. The summed E-state index contributed by atoms with van der Waals surface area (Å²) in [4.78, 5) is 48.5. The molecule has 0 atom stereocenters. The van der Waals surface area contributed by atoms with Crippen molar-refractivity contribution in [3.05, 3.63) is 68.2 Å². The molecule has 9 nitrogen and oxygen atoms in total. The van der Waals surface area contributed by atoms with Gasteiger partial charge in [0.2, 0.25) is 0 Å². The second-order valence-corrected chi connectivity index (χ2v) is 6.54. The number of ether oxygens (including phenoxy) is 1. The lowest BCUT2D eigenvalue weighted by atomic mass is 10.1. The van der Waals surface area contributed by atoms with Crippen LogP contribution in [0.2, 0.25) is 0 Å². The van der Waals surface area contributed by atoms with Crippen molar-refractivity contribution in [2.45, 2.75) is 0 Å². The van der Waals surface area contributed by atoms with Gasteiger partial charge in [0.15, 0.2) is 5.75 Å². The monoisotopic (exact) mass is 445 g/mol. The molecule has 0 radical (unpaired) electrons. The number of nitro benzene ring substituents is 1. The summed E-state index contributed by atoms with van der Waals surface area (Å²) in [5, 5.41) is 13.3. The van der Waals surface area contributed by atoms with Crippen molar-refractivity contribution in [3.63, 3.8) is 0 Å². The van der Waals surface area contributed by atoms with Crippen LogP contribution in [0.5, 0.6) is 5.75 Å². The van der Waals surface area contributed by atoms with E-state index in [0.717, 1.165) is 4.90 Å². The Morgan fingerprint density at radius 2 is 1.93 bits per heavy atom. The second kappa shape index (κ2) is 7.61. The highest BCUT2D eigenvalue weighted by Gasteiger charge is 2.37. The van der Waals surface area contributed by atoms with Crippen LogP contribution in [0.25, 0.3) is 6.08 Å². The molecule has 0 aliphatic carbocycles. The fourth-order valence-corrected chi connectivity index (χ4v) is 3.00. The van der Waals surface area contributed by atoms with Gasteiger partial charge in [-0.15, -0.1) is 0 Å². The van der Waals surface area contributed by atoms with Crippen molar-refractivity contribution in [2.75, 3.05) is 12.0 Å². The van der Waals surface area contributed by atoms with Crippen molar-refractivity contribution < 1.29 is 24.0 Å². The number of nitrogens with one attached hydrogen (secondary N) is 1. The van der Waals surface area contributed by atoms with Gasteiger partial charge < -0.3 is 4.74 Å². The molecule has 28 heavy (non-hydrogen) atoms. The number of halogens is 1. The summed E-state index contributed by atoms with van der Waals surface area (Å²) < 4.78 is 5.57.